The monoisotopic (exact) mass is 395 g/mol. The van der Waals surface area contributed by atoms with Crippen LogP contribution >= 0.6 is 0 Å². The van der Waals surface area contributed by atoms with E-state index >= 15 is 0 Å². The molecule has 0 aliphatic heterocycles. The predicted octanol–water partition coefficient (Wildman–Crippen LogP) is 3.43. The van der Waals surface area contributed by atoms with Crippen molar-refractivity contribution in [3.8, 4) is 0 Å². The van der Waals surface area contributed by atoms with Crippen molar-refractivity contribution in [2.45, 2.75) is 25.3 Å². The molecule has 7 heteroatoms. The molecule has 0 spiro atoms. The second-order valence-corrected chi connectivity index (χ2v) is 8.20. The summed E-state index contributed by atoms with van der Waals surface area (Å²) in [5.41, 5.74) is 3.84. The van der Waals surface area contributed by atoms with Gasteiger partial charge in [0.2, 0.25) is 10.0 Å². The van der Waals surface area contributed by atoms with Crippen molar-refractivity contribution in [2.75, 3.05) is 5.32 Å². The van der Waals surface area contributed by atoms with Crippen molar-refractivity contribution in [3.05, 3.63) is 89.2 Å². The molecule has 2 aromatic carbocycles. The summed E-state index contributed by atoms with van der Waals surface area (Å²) in [4.78, 5) is 16.6. The molecule has 0 aliphatic rings. The minimum Gasteiger partial charge on any atom is -0.322 e. The van der Waals surface area contributed by atoms with Gasteiger partial charge in [-0.3, -0.25) is 9.78 Å². The lowest BCUT2D eigenvalue weighted by Crippen LogP contribution is -2.23. The fourth-order valence-electron chi connectivity index (χ4n) is 2.75. The number of anilines is 1. The first-order valence-corrected chi connectivity index (χ1v) is 10.2. The third kappa shape index (κ3) is 4.62. The molecule has 3 aromatic rings. The van der Waals surface area contributed by atoms with Gasteiger partial charge in [0.15, 0.2) is 0 Å². The largest absolute Gasteiger partial charge is 0.322 e. The number of para-hydroxylation sites is 1. The fourth-order valence-corrected chi connectivity index (χ4v) is 3.76. The van der Waals surface area contributed by atoms with Crippen LogP contribution in [0.5, 0.6) is 0 Å². The Morgan fingerprint density at radius 3 is 2.25 bits per heavy atom. The van der Waals surface area contributed by atoms with E-state index in [2.05, 4.69) is 15.0 Å². The van der Waals surface area contributed by atoms with Crippen LogP contribution in [0.25, 0.3) is 0 Å². The average molecular weight is 395 g/mol. The number of nitrogens with one attached hydrogen (secondary N) is 2. The number of pyridine rings is 1. The number of amides is 1. The Labute approximate surface area is 164 Å². The number of carbonyl (C=O) groups excluding carboxylic acids is 1. The maximum atomic E-state index is 12.5. The van der Waals surface area contributed by atoms with Crippen LogP contribution in [0.4, 0.5) is 5.69 Å². The maximum Gasteiger partial charge on any atom is 0.255 e. The maximum absolute atomic E-state index is 12.5. The highest BCUT2D eigenvalue weighted by molar-refractivity contribution is 7.89. The summed E-state index contributed by atoms with van der Waals surface area (Å²) in [5.74, 6) is -0.287. The number of hydrogen-bond donors (Lipinski definition) is 2. The van der Waals surface area contributed by atoms with Gasteiger partial charge in [-0.15, -0.1) is 0 Å². The Kier molecular flexibility index (Phi) is 5.87. The number of benzene rings is 2. The highest BCUT2D eigenvalue weighted by Gasteiger charge is 2.15. The summed E-state index contributed by atoms with van der Waals surface area (Å²) < 4.78 is 27.4. The van der Waals surface area contributed by atoms with Crippen LogP contribution < -0.4 is 10.0 Å². The zero-order valence-corrected chi connectivity index (χ0v) is 16.5. The van der Waals surface area contributed by atoms with Crippen molar-refractivity contribution in [1.82, 2.24) is 9.71 Å². The molecular formula is C21H21N3O3S. The van der Waals surface area contributed by atoms with Crippen LogP contribution in [0.3, 0.4) is 0 Å². The summed E-state index contributed by atoms with van der Waals surface area (Å²) in [6.07, 6.45) is 3.23. The Morgan fingerprint density at radius 1 is 0.964 bits per heavy atom. The van der Waals surface area contributed by atoms with Crippen molar-refractivity contribution in [2.24, 2.45) is 0 Å². The van der Waals surface area contributed by atoms with Gasteiger partial charge in [-0.1, -0.05) is 24.3 Å². The highest BCUT2D eigenvalue weighted by Crippen LogP contribution is 2.20. The number of sulfonamides is 1. The third-order valence-electron chi connectivity index (χ3n) is 4.34. The van der Waals surface area contributed by atoms with Crippen LogP contribution in [0, 0.1) is 13.8 Å². The van der Waals surface area contributed by atoms with E-state index in [1.165, 1.54) is 24.3 Å². The molecule has 1 amide bonds. The van der Waals surface area contributed by atoms with E-state index in [1.807, 2.05) is 32.0 Å². The first kappa shape index (κ1) is 19.7. The van der Waals surface area contributed by atoms with Gasteiger partial charge in [0.1, 0.15) is 0 Å². The molecule has 1 aromatic heterocycles. The van der Waals surface area contributed by atoms with Gasteiger partial charge in [-0.2, -0.15) is 0 Å². The quantitative estimate of drug-likeness (QED) is 0.669. The van der Waals surface area contributed by atoms with Gasteiger partial charge in [-0.05, 0) is 60.9 Å². The second-order valence-electron chi connectivity index (χ2n) is 6.43. The Balaban J connectivity index is 1.71. The van der Waals surface area contributed by atoms with Crippen LogP contribution in [-0.4, -0.2) is 19.3 Å². The van der Waals surface area contributed by atoms with Crippen molar-refractivity contribution in [1.29, 1.82) is 0 Å². The Morgan fingerprint density at radius 2 is 1.64 bits per heavy atom. The number of carbonyl (C=O) groups is 1. The first-order chi connectivity index (χ1) is 13.4. The fraction of sp³-hybridized carbons (Fsp3) is 0.143. The molecule has 2 N–H and O–H groups in total. The summed E-state index contributed by atoms with van der Waals surface area (Å²) in [7, 11) is -3.68. The summed E-state index contributed by atoms with van der Waals surface area (Å²) in [6, 6.07) is 15.2. The van der Waals surface area contributed by atoms with E-state index in [0.717, 1.165) is 22.4 Å². The minimum atomic E-state index is -3.68. The summed E-state index contributed by atoms with van der Waals surface area (Å²) in [5, 5.41) is 2.89. The van der Waals surface area contributed by atoms with Gasteiger partial charge < -0.3 is 5.32 Å². The predicted molar refractivity (Wildman–Crippen MR) is 109 cm³/mol. The zero-order chi connectivity index (χ0) is 20.1. The van der Waals surface area contributed by atoms with Crippen LogP contribution in [0.1, 0.15) is 27.0 Å². The standard InChI is InChI=1S/C21H21N3O3S/c1-15-5-3-6-16(2)20(15)24-21(25)18-8-10-19(11-9-18)28(26,27)23-14-17-7-4-12-22-13-17/h3-13,23H,14H2,1-2H3,(H,24,25). The Bertz CT molecular complexity index is 1060. The lowest BCUT2D eigenvalue weighted by molar-refractivity contribution is 0.102. The van der Waals surface area contributed by atoms with Crippen LogP contribution in [0.2, 0.25) is 0 Å². The van der Waals surface area contributed by atoms with Gasteiger partial charge in [0, 0.05) is 30.2 Å². The molecule has 3 rings (SSSR count). The van der Waals surface area contributed by atoms with E-state index in [1.54, 1.807) is 24.5 Å². The SMILES string of the molecule is Cc1cccc(C)c1NC(=O)c1ccc(S(=O)(=O)NCc2cccnc2)cc1. The average Bonchev–Trinajstić information content (AvgIpc) is 2.70. The number of rotatable bonds is 6. The summed E-state index contributed by atoms with van der Waals surface area (Å²) in [6.45, 7) is 3.99. The van der Waals surface area contributed by atoms with Gasteiger partial charge >= 0.3 is 0 Å². The molecule has 144 valence electrons. The molecule has 0 atom stereocenters. The van der Waals surface area contributed by atoms with E-state index in [9.17, 15) is 13.2 Å². The van der Waals surface area contributed by atoms with Crippen LogP contribution in [0.15, 0.2) is 71.9 Å². The molecule has 0 bridgehead atoms. The van der Waals surface area contributed by atoms with Gasteiger partial charge in [0.25, 0.3) is 5.91 Å². The summed E-state index contributed by atoms with van der Waals surface area (Å²) >= 11 is 0. The molecule has 1 heterocycles. The molecule has 0 saturated carbocycles. The molecule has 0 saturated heterocycles. The van der Waals surface area contributed by atoms with Gasteiger partial charge in [0.05, 0.1) is 4.90 Å². The molecular weight excluding hydrogens is 374 g/mol. The van der Waals surface area contributed by atoms with E-state index in [0.29, 0.717) is 5.56 Å². The van der Waals surface area contributed by atoms with Crippen molar-refractivity contribution in [3.63, 3.8) is 0 Å². The van der Waals surface area contributed by atoms with E-state index in [4.69, 9.17) is 0 Å². The smallest absolute Gasteiger partial charge is 0.255 e. The minimum absolute atomic E-state index is 0.0972. The van der Waals surface area contributed by atoms with Crippen molar-refractivity contribution < 1.29 is 13.2 Å². The zero-order valence-electron chi connectivity index (χ0n) is 15.6. The molecule has 0 aliphatic carbocycles. The number of hydrogen-bond acceptors (Lipinski definition) is 4. The normalized spacial score (nSPS) is 11.2. The van der Waals surface area contributed by atoms with E-state index < -0.39 is 10.0 Å². The Hall–Kier alpha value is -3.03. The van der Waals surface area contributed by atoms with Crippen LogP contribution in [-0.2, 0) is 16.6 Å². The molecule has 0 unspecified atom stereocenters. The molecule has 0 fully saturated rings. The number of nitrogens with zero attached hydrogens (tertiary/aromatic N) is 1. The number of aromatic nitrogens is 1. The lowest BCUT2D eigenvalue weighted by atomic mass is 10.1. The van der Waals surface area contributed by atoms with Crippen molar-refractivity contribution >= 4 is 21.6 Å². The van der Waals surface area contributed by atoms with E-state index in [-0.39, 0.29) is 17.3 Å². The van der Waals surface area contributed by atoms with Gasteiger partial charge in [-0.25, -0.2) is 13.1 Å². The topological polar surface area (TPSA) is 88.2 Å². The second kappa shape index (κ2) is 8.33. The highest BCUT2D eigenvalue weighted by atomic mass is 32.2. The number of aryl methyl sites for hydroxylation is 2. The molecule has 0 radical (unpaired) electrons. The first-order valence-electron chi connectivity index (χ1n) is 8.73. The third-order valence-corrected chi connectivity index (χ3v) is 5.75. The molecule has 28 heavy (non-hydrogen) atoms. The molecule has 6 nitrogen and oxygen atoms in total. The lowest BCUT2D eigenvalue weighted by Gasteiger charge is -2.12.